The molecule has 0 saturated carbocycles. The minimum atomic E-state index is -3.58. The van der Waals surface area contributed by atoms with Gasteiger partial charge in [0.1, 0.15) is 0 Å². The number of hydrogen-bond acceptors (Lipinski definition) is 4. The molecule has 4 N–H and O–H groups in total. The molecule has 0 radical (unpaired) electrons. The number of nitrogens with one attached hydrogen (secondary N) is 2. The maximum atomic E-state index is 12.1. The first-order valence-corrected chi connectivity index (χ1v) is 7.10. The van der Waals surface area contributed by atoms with E-state index in [2.05, 4.69) is 10.0 Å². The van der Waals surface area contributed by atoms with Gasteiger partial charge in [-0.15, -0.1) is 0 Å². The average molecular weight is 269 g/mol. The van der Waals surface area contributed by atoms with Crippen molar-refractivity contribution < 1.29 is 13.2 Å². The smallest absolute Gasteiger partial charge is 0.240 e. The third-order valence-electron chi connectivity index (χ3n) is 2.76. The van der Waals surface area contributed by atoms with Crippen molar-refractivity contribution in [1.82, 2.24) is 10.0 Å². The highest BCUT2D eigenvalue weighted by Crippen LogP contribution is 2.14. The van der Waals surface area contributed by atoms with E-state index in [1.54, 1.807) is 12.1 Å². The van der Waals surface area contributed by atoms with Gasteiger partial charge in [-0.25, -0.2) is 13.1 Å². The third-order valence-corrected chi connectivity index (χ3v) is 4.27. The van der Waals surface area contributed by atoms with E-state index in [0.717, 1.165) is 0 Å². The summed E-state index contributed by atoms with van der Waals surface area (Å²) in [6, 6.07) is 5.84. The molecule has 1 aromatic carbocycles. The van der Waals surface area contributed by atoms with Gasteiger partial charge in [0.2, 0.25) is 15.9 Å². The maximum absolute atomic E-state index is 12.1. The second-order valence-corrected chi connectivity index (χ2v) is 5.95. The van der Waals surface area contributed by atoms with E-state index in [4.69, 9.17) is 5.73 Å². The van der Waals surface area contributed by atoms with Crippen molar-refractivity contribution in [2.24, 2.45) is 0 Å². The standard InChI is InChI=1S/C11H15N3O3S/c12-8-2-1-3-10(6-8)18(16,17)14-9-4-5-11(15)13-7-9/h1-3,6,9,14H,4-5,7,12H2,(H,13,15). The van der Waals surface area contributed by atoms with Crippen LogP contribution in [0.5, 0.6) is 0 Å². The lowest BCUT2D eigenvalue weighted by atomic mass is 10.1. The van der Waals surface area contributed by atoms with E-state index in [9.17, 15) is 13.2 Å². The first kappa shape index (κ1) is 12.8. The Morgan fingerprint density at radius 2 is 2.17 bits per heavy atom. The Balaban J connectivity index is 2.10. The summed E-state index contributed by atoms with van der Waals surface area (Å²) in [5.74, 6) is -0.0468. The first-order valence-electron chi connectivity index (χ1n) is 5.62. The molecule has 1 saturated heterocycles. The quantitative estimate of drug-likeness (QED) is 0.663. The summed E-state index contributed by atoms with van der Waals surface area (Å²) in [6.07, 6.45) is 0.845. The molecule has 1 unspecified atom stereocenters. The zero-order valence-electron chi connectivity index (χ0n) is 9.72. The molecule has 1 heterocycles. The lowest BCUT2D eigenvalue weighted by molar-refractivity contribution is -0.122. The highest BCUT2D eigenvalue weighted by Gasteiger charge is 2.24. The van der Waals surface area contributed by atoms with Crippen molar-refractivity contribution >= 4 is 21.6 Å². The van der Waals surface area contributed by atoms with E-state index in [-0.39, 0.29) is 16.8 Å². The molecule has 1 aromatic rings. The van der Waals surface area contributed by atoms with Crippen LogP contribution in [0.15, 0.2) is 29.2 Å². The topological polar surface area (TPSA) is 101 Å². The van der Waals surface area contributed by atoms with Crippen LogP contribution in [-0.2, 0) is 14.8 Å². The summed E-state index contributed by atoms with van der Waals surface area (Å²) in [4.78, 5) is 11.1. The summed E-state index contributed by atoms with van der Waals surface area (Å²) in [7, 11) is -3.58. The molecule has 1 fully saturated rings. The van der Waals surface area contributed by atoms with Gasteiger partial charge in [0, 0.05) is 24.7 Å². The van der Waals surface area contributed by atoms with Gasteiger partial charge in [0.15, 0.2) is 0 Å². The molecule has 0 spiro atoms. The van der Waals surface area contributed by atoms with Crippen molar-refractivity contribution in [1.29, 1.82) is 0 Å². The van der Waals surface area contributed by atoms with Crippen LogP contribution in [0.1, 0.15) is 12.8 Å². The monoisotopic (exact) mass is 269 g/mol. The van der Waals surface area contributed by atoms with Gasteiger partial charge in [-0.2, -0.15) is 0 Å². The number of rotatable bonds is 3. The minimum absolute atomic E-state index is 0.0468. The van der Waals surface area contributed by atoms with Crippen LogP contribution < -0.4 is 15.8 Å². The summed E-state index contributed by atoms with van der Waals surface area (Å²) < 4.78 is 26.7. The van der Waals surface area contributed by atoms with E-state index in [0.29, 0.717) is 25.1 Å². The van der Waals surface area contributed by atoms with Gasteiger partial charge in [-0.05, 0) is 24.6 Å². The van der Waals surface area contributed by atoms with Crippen LogP contribution >= 0.6 is 0 Å². The Morgan fingerprint density at radius 3 is 2.78 bits per heavy atom. The van der Waals surface area contributed by atoms with Crippen LogP contribution in [0.25, 0.3) is 0 Å². The van der Waals surface area contributed by atoms with Gasteiger partial charge >= 0.3 is 0 Å². The molecular formula is C11H15N3O3S. The Hall–Kier alpha value is -1.60. The summed E-state index contributed by atoms with van der Waals surface area (Å²) in [5.41, 5.74) is 5.96. The number of hydrogen-bond donors (Lipinski definition) is 3. The summed E-state index contributed by atoms with van der Waals surface area (Å²) >= 11 is 0. The SMILES string of the molecule is Nc1cccc(S(=O)(=O)NC2CCC(=O)NC2)c1. The Bertz CT molecular complexity index is 546. The minimum Gasteiger partial charge on any atom is -0.399 e. The molecule has 0 bridgehead atoms. The molecule has 1 aliphatic rings. The number of anilines is 1. The summed E-state index contributed by atoms with van der Waals surface area (Å²) in [5, 5.41) is 2.63. The fourth-order valence-electron chi connectivity index (χ4n) is 1.80. The zero-order valence-corrected chi connectivity index (χ0v) is 10.5. The Kier molecular flexibility index (Phi) is 3.53. The molecule has 1 atom stereocenters. The maximum Gasteiger partial charge on any atom is 0.240 e. The van der Waals surface area contributed by atoms with Gasteiger partial charge in [-0.3, -0.25) is 4.79 Å². The second-order valence-electron chi connectivity index (χ2n) is 4.23. The molecule has 0 aromatic heterocycles. The van der Waals surface area contributed by atoms with E-state index in [1.165, 1.54) is 12.1 Å². The van der Waals surface area contributed by atoms with Crippen LogP contribution in [0, 0.1) is 0 Å². The van der Waals surface area contributed by atoms with E-state index in [1.807, 2.05) is 0 Å². The van der Waals surface area contributed by atoms with Crippen molar-refractivity contribution in [3.63, 3.8) is 0 Å². The predicted molar refractivity (Wildman–Crippen MR) is 67.2 cm³/mol. The molecule has 7 heteroatoms. The molecule has 2 rings (SSSR count). The van der Waals surface area contributed by atoms with Crippen molar-refractivity contribution in [3.8, 4) is 0 Å². The number of carbonyl (C=O) groups excluding carboxylic acids is 1. The fraction of sp³-hybridized carbons (Fsp3) is 0.364. The second kappa shape index (κ2) is 4.95. The average Bonchev–Trinajstić information content (AvgIpc) is 2.32. The van der Waals surface area contributed by atoms with Crippen LogP contribution in [0.4, 0.5) is 5.69 Å². The lowest BCUT2D eigenvalue weighted by Crippen LogP contribution is -2.47. The molecule has 18 heavy (non-hydrogen) atoms. The van der Waals surface area contributed by atoms with E-state index < -0.39 is 10.0 Å². The third kappa shape index (κ3) is 2.99. The van der Waals surface area contributed by atoms with Gasteiger partial charge < -0.3 is 11.1 Å². The van der Waals surface area contributed by atoms with E-state index >= 15 is 0 Å². The largest absolute Gasteiger partial charge is 0.399 e. The number of sulfonamides is 1. The molecule has 98 valence electrons. The van der Waals surface area contributed by atoms with Crippen LogP contribution in [0.2, 0.25) is 0 Å². The van der Waals surface area contributed by atoms with Crippen LogP contribution in [-0.4, -0.2) is 26.9 Å². The Labute approximate surface area is 106 Å². The Morgan fingerprint density at radius 1 is 1.39 bits per heavy atom. The van der Waals surface area contributed by atoms with Gasteiger partial charge in [-0.1, -0.05) is 6.07 Å². The number of piperidine rings is 1. The zero-order chi connectivity index (χ0) is 13.2. The molecule has 1 amide bonds. The number of nitrogens with two attached hydrogens (primary N) is 1. The van der Waals surface area contributed by atoms with Gasteiger partial charge in [0.25, 0.3) is 0 Å². The molecular weight excluding hydrogens is 254 g/mol. The van der Waals surface area contributed by atoms with Crippen molar-refractivity contribution in [3.05, 3.63) is 24.3 Å². The molecule has 0 aliphatic carbocycles. The lowest BCUT2D eigenvalue weighted by Gasteiger charge is -2.23. The van der Waals surface area contributed by atoms with Gasteiger partial charge in [0.05, 0.1) is 4.90 Å². The van der Waals surface area contributed by atoms with Crippen molar-refractivity contribution in [2.45, 2.75) is 23.8 Å². The highest BCUT2D eigenvalue weighted by molar-refractivity contribution is 7.89. The normalized spacial score (nSPS) is 20.4. The predicted octanol–water partition coefficient (Wildman–Crippen LogP) is -0.174. The molecule has 1 aliphatic heterocycles. The highest BCUT2D eigenvalue weighted by atomic mass is 32.2. The van der Waals surface area contributed by atoms with Crippen LogP contribution in [0.3, 0.4) is 0 Å². The number of benzene rings is 1. The molecule has 6 nitrogen and oxygen atoms in total. The summed E-state index contributed by atoms with van der Waals surface area (Å²) in [6.45, 7) is 0.320. The number of carbonyl (C=O) groups is 1. The number of amides is 1. The fourth-order valence-corrected chi connectivity index (χ4v) is 3.13. The van der Waals surface area contributed by atoms with Crippen molar-refractivity contribution in [2.75, 3.05) is 12.3 Å². The number of nitrogen functional groups attached to an aromatic ring is 1. The first-order chi connectivity index (χ1) is 8.47.